The average Bonchev–Trinajstić information content (AvgIpc) is 2.36. The fourth-order valence-corrected chi connectivity index (χ4v) is 1.98. The lowest BCUT2D eigenvalue weighted by Crippen LogP contribution is -2.36. The largest absolute Gasteiger partial charge is 0.477 e. The minimum Gasteiger partial charge on any atom is -0.477 e. The highest BCUT2D eigenvalue weighted by molar-refractivity contribution is 5.93. The van der Waals surface area contributed by atoms with Gasteiger partial charge in [0.1, 0.15) is 5.56 Å². The number of nitro benzene ring substituents is 1. The van der Waals surface area contributed by atoms with E-state index in [9.17, 15) is 14.9 Å². The number of likely N-dealkylation sites (N-methyl/N-ethyl adjacent to an activating group) is 1. The van der Waals surface area contributed by atoms with E-state index in [1.54, 1.807) is 6.07 Å². The maximum Gasteiger partial charge on any atom is 0.342 e. The Morgan fingerprint density at radius 3 is 2.48 bits per heavy atom. The molecule has 1 unspecified atom stereocenters. The number of nitrogens with one attached hydrogen (secondary N) is 1. The second-order valence-electron chi connectivity index (χ2n) is 5.55. The van der Waals surface area contributed by atoms with Crippen molar-refractivity contribution < 1.29 is 14.8 Å². The fraction of sp³-hybridized carbons (Fsp3) is 0.500. The topological polar surface area (TPSA) is 95.7 Å². The third-order valence-corrected chi connectivity index (χ3v) is 3.14. The number of anilines is 1. The van der Waals surface area contributed by atoms with Crippen molar-refractivity contribution in [1.29, 1.82) is 0 Å². The summed E-state index contributed by atoms with van der Waals surface area (Å²) in [6, 6.07) is 4.20. The van der Waals surface area contributed by atoms with Crippen LogP contribution in [0.2, 0.25) is 0 Å². The van der Waals surface area contributed by atoms with Gasteiger partial charge < -0.3 is 15.3 Å². The Kier molecular flexibility index (Phi) is 5.66. The predicted octanol–water partition coefficient (Wildman–Crippen LogP) is 2.29. The first-order valence-corrected chi connectivity index (χ1v) is 6.65. The van der Waals surface area contributed by atoms with Gasteiger partial charge >= 0.3 is 5.97 Å². The first-order chi connectivity index (χ1) is 9.72. The summed E-state index contributed by atoms with van der Waals surface area (Å²) >= 11 is 0. The molecule has 0 saturated heterocycles. The minimum absolute atomic E-state index is 0.107. The van der Waals surface area contributed by atoms with Crippen LogP contribution in [0.1, 0.15) is 24.2 Å². The van der Waals surface area contributed by atoms with Gasteiger partial charge in [-0.05, 0) is 32.1 Å². The van der Waals surface area contributed by atoms with Gasteiger partial charge in [0.15, 0.2) is 0 Å². The lowest BCUT2D eigenvalue weighted by molar-refractivity contribution is -0.385. The molecule has 0 radical (unpaired) electrons. The van der Waals surface area contributed by atoms with Gasteiger partial charge in [-0.1, -0.05) is 13.8 Å². The number of carboxylic acid groups (broad SMARTS) is 1. The highest BCUT2D eigenvalue weighted by atomic mass is 16.6. The summed E-state index contributed by atoms with van der Waals surface area (Å²) in [7, 11) is 3.90. The number of hydrogen-bond acceptors (Lipinski definition) is 5. The highest BCUT2D eigenvalue weighted by Gasteiger charge is 2.21. The Hall–Kier alpha value is -2.15. The van der Waals surface area contributed by atoms with Crippen molar-refractivity contribution in [3.8, 4) is 0 Å². The number of nitrogens with zero attached hydrogens (tertiary/aromatic N) is 2. The Bertz CT molecular complexity index is 529. The molecule has 21 heavy (non-hydrogen) atoms. The molecule has 0 aromatic heterocycles. The summed E-state index contributed by atoms with van der Waals surface area (Å²) in [6.45, 7) is 4.88. The summed E-state index contributed by atoms with van der Waals surface area (Å²) in [4.78, 5) is 23.3. The smallest absolute Gasteiger partial charge is 0.342 e. The van der Waals surface area contributed by atoms with Gasteiger partial charge in [0, 0.05) is 24.3 Å². The van der Waals surface area contributed by atoms with Crippen LogP contribution >= 0.6 is 0 Å². The van der Waals surface area contributed by atoms with Crippen LogP contribution in [0.4, 0.5) is 11.4 Å². The quantitative estimate of drug-likeness (QED) is 0.592. The molecule has 0 aliphatic rings. The average molecular weight is 295 g/mol. The van der Waals surface area contributed by atoms with E-state index in [0.29, 0.717) is 11.6 Å². The summed E-state index contributed by atoms with van der Waals surface area (Å²) in [5, 5.41) is 23.2. The van der Waals surface area contributed by atoms with Crippen LogP contribution < -0.4 is 5.32 Å². The van der Waals surface area contributed by atoms with Crippen LogP contribution in [0.5, 0.6) is 0 Å². The number of carbonyl (C=O) groups is 1. The summed E-state index contributed by atoms with van der Waals surface area (Å²) in [6.07, 6.45) is 0. The van der Waals surface area contributed by atoms with Crippen molar-refractivity contribution in [2.45, 2.75) is 19.9 Å². The molecule has 0 amide bonds. The fourth-order valence-electron chi connectivity index (χ4n) is 1.98. The zero-order valence-electron chi connectivity index (χ0n) is 12.7. The molecule has 7 heteroatoms. The van der Waals surface area contributed by atoms with E-state index in [-0.39, 0.29) is 11.6 Å². The van der Waals surface area contributed by atoms with Crippen LogP contribution in [0.25, 0.3) is 0 Å². The van der Waals surface area contributed by atoms with Crippen molar-refractivity contribution in [2.75, 3.05) is 26.0 Å². The highest BCUT2D eigenvalue weighted by Crippen LogP contribution is 2.24. The molecule has 1 aromatic carbocycles. The van der Waals surface area contributed by atoms with E-state index in [4.69, 9.17) is 5.11 Å². The third-order valence-electron chi connectivity index (χ3n) is 3.14. The first-order valence-electron chi connectivity index (χ1n) is 6.65. The Morgan fingerprint density at radius 1 is 1.43 bits per heavy atom. The molecular weight excluding hydrogens is 274 g/mol. The number of aromatic carboxylic acids is 1. The molecule has 2 N–H and O–H groups in total. The van der Waals surface area contributed by atoms with Gasteiger partial charge in [-0.25, -0.2) is 4.79 Å². The monoisotopic (exact) mass is 295 g/mol. The normalized spacial score (nSPS) is 12.5. The molecule has 1 atom stereocenters. The molecule has 0 bridgehead atoms. The zero-order chi connectivity index (χ0) is 16.2. The van der Waals surface area contributed by atoms with E-state index in [2.05, 4.69) is 19.2 Å². The second kappa shape index (κ2) is 7.03. The number of rotatable bonds is 7. The Balaban J connectivity index is 3.05. The molecule has 1 aromatic rings. The van der Waals surface area contributed by atoms with E-state index in [1.165, 1.54) is 12.1 Å². The van der Waals surface area contributed by atoms with E-state index in [1.807, 2.05) is 19.0 Å². The molecule has 7 nitrogen and oxygen atoms in total. The lowest BCUT2D eigenvalue weighted by atomic mass is 10.0. The van der Waals surface area contributed by atoms with Crippen LogP contribution in [-0.2, 0) is 0 Å². The molecule has 0 spiro atoms. The lowest BCUT2D eigenvalue weighted by Gasteiger charge is -2.26. The summed E-state index contributed by atoms with van der Waals surface area (Å²) in [5.74, 6) is -0.979. The van der Waals surface area contributed by atoms with Crippen LogP contribution in [0.3, 0.4) is 0 Å². The van der Waals surface area contributed by atoms with Crippen molar-refractivity contribution in [3.63, 3.8) is 0 Å². The van der Waals surface area contributed by atoms with Gasteiger partial charge in [0.2, 0.25) is 0 Å². The molecule has 0 fully saturated rings. The van der Waals surface area contributed by atoms with Gasteiger partial charge in [0.05, 0.1) is 4.92 Å². The Labute approximate surface area is 123 Å². The summed E-state index contributed by atoms with van der Waals surface area (Å²) in [5.41, 5.74) is -0.161. The van der Waals surface area contributed by atoms with Crippen LogP contribution in [-0.4, -0.2) is 47.6 Å². The Morgan fingerprint density at radius 2 is 2.05 bits per heavy atom. The molecule has 116 valence electrons. The second-order valence-corrected chi connectivity index (χ2v) is 5.55. The molecule has 0 aliphatic heterocycles. The van der Waals surface area contributed by atoms with Crippen LogP contribution in [0.15, 0.2) is 18.2 Å². The maximum atomic E-state index is 11.0. The number of nitro groups is 1. The molecule has 1 rings (SSSR count). The van der Waals surface area contributed by atoms with E-state index < -0.39 is 16.6 Å². The number of hydrogen-bond donors (Lipinski definition) is 2. The van der Waals surface area contributed by atoms with E-state index >= 15 is 0 Å². The molecule has 0 saturated carbocycles. The van der Waals surface area contributed by atoms with E-state index in [0.717, 1.165) is 6.54 Å². The van der Waals surface area contributed by atoms with Crippen molar-refractivity contribution >= 4 is 17.3 Å². The summed E-state index contributed by atoms with van der Waals surface area (Å²) < 4.78 is 0. The zero-order valence-corrected chi connectivity index (χ0v) is 12.7. The van der Waals surface area contributed by atoms with Gasteiger partial charge in [-0.15, -0.1) is 0 Å². The van der Waals surface area contributed by atoms with Crippen molar-refractivity contribution in [1.82, 2.24) is 4.90 Å². The number of carboxylic acids is 1. The van der Waals surface area contributed by atoms with Crippen molar-refractivity contribution in [2.24, 2.45) is 5.92 Å². The SMILES string of the molecule is CC(C)C(CN(C)C)Nc1ccc(C(=O)O)c([N+](=O)[O-])c1. The standard InChI is InChI=1S/C14H21N3O4/c1-9(2)12(8-16(3)4)15-10-5-6-11(14(18)19)13(7-10)17(20)21/h5-7,9,12,15H,8H2,1-4H3,(H,18,19). The van der Waals surface area contributed by atoms with Gasteiger partial charge in [-0.3, -0.25) is 10.1 Å². The predicted molar refractivity (Wildman–Crippen MR) is 80.9 cm³/mol. The minimum atomic E-state index is -1.30. The van der Waals surface area contributed by atoms with Gasteiger partial charge in [-0.2, -0.15) is 0 Å². The molecule has 0 aliphatic carbocycles. The third kappa shape index (κ3) is 4.71. The number of benzene rings is 1. The maximum absolute atomic E-state index is 11.0. The molecular formula is C14H21N3O4. The van der Waals surface area contributed by atoms with Crippen molar-refractivity contribution in [3.05, 3.63) is 33.9 Å². The first kappa shape index (κ1) is 16.9. The van der Waals surface area contributed by atoms with Gasteiger partial charge in [0.25, 0.3) is 5.69 Å². The van der Waals surface area contributed by atoms with Crippen LogP contribution in [0, 0.1) is 16.0 Å². The molecule has 0 heterocycles.